The van der Waals surface area contributed by atoms with Crippen LogP contribution < -0.4 is 15.8 Å². The Labute approximate surface area is 152 Å². The van der Waals surface area contributed by atoms with Crippen LogP contribution in [0.2, 0.25) is 0 Å². The predicted octanol–water partition coefficient (Wildman–Crippen LogP) is 3.78. The number of anilines is 1. The second-order valence-corrected chi connectivity index (χ2v) is 6.18. The number of hydrogen-bond donors (Lipinski definition) is 2. The van der Waals surface area contributed by atoms with Gasteiger partial charge in [-0.3, -0.25) is 0 Å². The zero-order chi connectivity index (χ0) is 15.2. The van der Waals surface area contributed by atoms with E-state index in [2.05, 4.69) is 15.3 Å². The van der Waals surface area contributed by atoms with Gasteiger partial charge in [0.05, 0.1) is 17.7 Å². The van der Waals surface area contributed by atoms with E-state index < -0.39 is 0 Å². The SMILES string of the molecule is Cc1ncc(CN=C(N)Nc2ccc(OC(C)C)cc2)s1.I. The van der Waals surface area contributed by atoms with E-state index in [9.17, 15) is 0 Å². The number of rotatable bonds is 5. The van der Waals surface area contributed by atoms with Gasteiger partial charge in [-0.25, -0.2) is 9.98 Å². The van der Waals surface area contributed by atoms with Crippen LogP contribution in [0.25, 0.3) is 0 Å². The monoisotopic (exact) mass is 432 g/mol. The molecular weight excluding hydrogens is 411 g/mol. The summed E-state index contributed by atoms with van der Waals surface area (Å²) in [5, 5.41) is 4.09. The van der Waals surface area contributed by atoms with E-state index in [0.717, 1.165) is 21.3 Å². The van der Waals surface area contributed by atoms with Crippen LogP contribution in [-0.2, 0) is 6.54 Å². The molecule has 0 aliphatic heterocycles. The molecule has 0 saturated heterocycles. The van der Waals surface area contributed by atoms with Gasteiger partial charge in [-0.05, 0) is 45.0 Å². The van der Waals surface area contributed by atoms with Crippen LogP contribution in [0.15, 0.2) is 35.5 Å². The van der Waals surface area contributed by atoms with Crippen LogP contribution in [0.1, 0.15) is 23.7 Å². The largest absolute Gasteiger partial charge is 0.491 e. The van der Waals surface area contributed by atoms with Crippen LogP contribution in [-0.4, -0.2) is 17.0 Å². The van der Waals surface area contributed by atoms with Gasteiger partial charge in [-0.15, -0.1) is 35.3 Å². The van der Waals surface area contributed by atoms with E-state index >= 15 is 0 Å². The van der Waals surface area contributed by atoms with Crippen LogP contribution >= 0.6 is 35.3 Å². The van der Waals surface area contributed by atoms with Gasteiger partial charge in [0.25, 0.3) is 0 Å². The summed E-state index contributed by atoms with van der Waals surface area (Å²) in [7, 11) is 0. The average molecular weight is 432 g/mol. The lowest BCUT2D eigenvalue weighted by Gasteiger charge is -2.10. The number of halogens is 1. The van der Waals surface area contributed by atoms with Crippen LogP contribution in [0.3, 0.4) is 0 Å². The topological polar surface area (TPSA) is 72.5 Å². The van der Waals surface area contributed by atoms with Gasteiger partial charge in [0.15, 0.2) is 5.96 Å². The number of nitrogens with zero attached hydrogens (tertiary/aromatic N) is 2. The second-order valence-electron chi connectivity index (χ2n) is 4.86. The normalized spacial score (nSPS) is 11.2. The highest BCUT2D eigenvalue weighted by molar-refractivity contribution is 14.0. The zero-order valence-corrected chi connectivity index (χ0v) is 16.0. The molecule has 0 saturated carbocycles. The first-order valence-corrected chi connectivity index (χ1v) is 7.59. The molecule has 1 aromatic carbocycles. The van der Waals surface area contributed by atoms with Crippen molar-refractivity contribution in [2.45, 2.75) is 33.4 Å². The molecule has 0 atom stereocenters. The van der Waals surface area contributed by atoms with Crippen molar-refractivity contribution in [3.8, 4) is 5.75 Å². The molecule has 0 fully saturated rings. The number of aryl methyl sites for hydroxylation is 1. The third kappa shape index (κ3) is 6.18. The summed E-state index contributed by atoms with van der Waals surface area (Å²) in [6.45, 7) is 6.51. The molecule has 2 rings (SSSR count). The Kier molecular flexibility index (Phi) is 7.60. The molecule has 1 aromatic heterocycles. The molecule has 0 aliphatic rings. The lowest BCUT2D eigenvalue weighted by Crippen LogP contribution is -2.22. The highest BCUT2D eigenvalue weighted by Gasteiger charge is 2.00. The van der Waals surface area contributed by atoms with Crippen molar-refractivity contribution < 1.29 is 4.74 Å². The number of guanidine groups is 1. The van der Waals surface area contributed by atoms with E-state index in [4.69, 9.17) is 10.5 Å². The van der Waals surface area contributed by atoms with E-state index in [1.165, 1.54) is 0 Å². The molecule has 5 nitrogen and oxygen atoms in total. The fourth-order valence-electron chi connectivity index (χ4n) is 1.72. The maximum absolute atomic E-state index is 5.87. The van der Waals surface area contributed by atoms with E-state index in [1.54, 1.807) is 11.3 Å². The second kappa shape index (κ2) is 8.94. The molecule has 0 radical (unpaired) electrons. The maximum atomic E-state index is 5.87. The van der Waals surface area contributed by atoms with Gasteiger partial charge in [0.2, 0.25) is 0 Å². The molecule has 120 valence electrons. The molecule has 0 unspecified atom stereocenters. The Balaban J connectivity index is 0.00000242. The van der Waals surface area contributed by atoms with Gasteiger partial charge in [-0.2, -0.15) is 0 Å². The standard InChI is InChI=1S/C15H20N4OS.HI/c1-10(2)20-13-6-4-12(5-7-13)19-15(16)18-9-14-8-17-11(3)21-14;/h4-8,10H,9H2,1-3H3,(H3,16,18,19);1H. The summed E-state index contributed by atoms with van der Waals surface area (Å²) in [6, 6.07) is 7.64. The molecule has 0 bridgehead atoms. The lowest BCUT2D eigenvalue weighted by atomic mass is 10.3. The highest BCUT2D eigenvalue weighted by atomic mass is 127. The fourth-order valence-corrected chi connectivity index (χ4v) is 2.44. The van der Waals surface area contributed by atoms with Crippen LogP contribution in [0.4, 0.5) is 5.69 Å². The summed E-state index contributed by atoms with van der Waals surface area (Å²) in [4.78, 5) is 9.58. The number of benzene rings is 1. The summed E-state index contributed by atoms with van der Waals surface area (Å²) in [6.07, 6.45) is 1.99. The van der Waals surface area contributed by atoms with Crippen molar-refractivity contribution in [2.24, 2.45) is 10.7 Å². The van der Waals surface area contributed by atoms with Crippen molar-refractivity contribution in [1.29, 1.82) is 0 Å². The molecular formula is C15H21IN4OS. The first-order valence-electron chi connectivity index (χ1n) is 6.78. The molecule has 1 heterocycles. The minimum atomic E-state index is 0. The summed E-state index contributed by atoms with van der Waals surface area (Å²) in [5.41, 5.74) is 6.75. The molecule has 0 amide bonds. The van der Waals surface area contributed by atoms with Crippen molar-refractivity contribution >= 4 is 47.0 Å². The third-order valence-corrected chi connectivity index (χ3v) is 3.47. The number of aromatic nitrogens is 1. The van der Waals surface area contributed by atoms with Crippen molar-refractivity contribution in [2.75, 3.05) is 5.32 Å². The van der Waals surface area contributed by atoms with Gasteiger partial charge in [0.1, 0.15) is 5.75 Å². The first-order chi connectivity index (χ1) is 10.0. The van der Waals surface area contributed by atoms with Crippen LogP contribution in [0, 0.1) is 6.92 Å². The summed E-state index contributed by atoms with van der Waals surface area (Å²) < 4.78 is 5.59. The Bertz CT molecular complexity index is 610. The van der Waals surface area contributed by atoms with E-state index in [-0.39, 0.29) is 30.1 Å². The molecule has 2 aromatic rings. The Morgan fingerprint density at radius 3 is 2.59 bits per heavy atom. The number of aliphatic imine (C=N–C) groups is 1. The minimum absolute atomic E-state index is 0. The zero-order valence-electron chi connectivity index (χ0n) is 12.9. The summed E-state index contributed by atoms with van der Waals surface area (Å²) in [5.74, 6) is 1.23. The van der Waals surface area contributed by atoms with Crippen molar-refractivity contribution in [1.82, 2.24) is 4.98 Å². The van der Waals surface area contributed by atoms with Crippen molar-refractivity contribution in [3.05, 3.63) is 40.3 Å². The highest BCUT2D eigenvalue weighted by Crippen LogP contribution is 2.17. The lowest BCUT2D eigenvalue weighted by molar-refractivity contribution is 0.242. The quantitative estimate of drug-likeness (QED) is 0.429. The molecule has 0 aliphatic carbocycles. The van der Waals surface area contributed by atoms with Gasteiger partial charge >= 0.3 is 0 Å². The van der Waals surface area contributed by atoms with Crippen molar-refractivity contribution in [3.63, 3.8) is 0 Å². The molecule has 0 spiro atoms. The molecule has 3 N–H and O–H groups in total. The van der Waals surface area contributed by atoms with Gasteiger partial charge in [0, 0.05) is 16.8 Å². The maximum Gasteiger partial charge on any atom is 0.193 e. The van der Waals surface area contributed by atoms with Gasteiger partial charge < -0.3 is 15.8 Å². The Hall–Kier alpha value is -1.35. The fraction of sp³-hybridized carbons (Fsp3) is 0.333. The van der Waals surface area contributed by atoms with Gasteiger partial charge in [-0.1, -0.05) is 0 Å². The van der Waals surface area contributed by atoms with Crippen LogP contribution in [0.5, 0.6) is 5.75 Å². The minimum Gasteiger partial charge on any atom is -0.491 e. The number of hydrogen-bond acceptors (Lipinski definition) is 4. The predicted molar refractivity (Wildman–Crippen MR) is 103 cm³/mol. The smallest absolute Gasteiger partial charge is 0.193 e. The number of nitrogens with one attached hydrogen (secondary N) is 1. The molecule has 22 heavy (non-hydrogen) atoms. The Morgan fingerprint density at radius 2 is 2.05 bits per heavy atom. The number of thiazole rings is 1. The first kappa shape index (κ1) is 18.7. The molecule has 7 heteroatoms. The van der Waals surface area contributed by atoms with E-state index in [1.807, 2.05) is 51.2 Å². The number of nitrogens with two attached hydrogens (primary N) is 1. The number of ether oxygens (including phenoxy) is 1. The Morgan fingerprint density at radius 1 is 1.36 bits per heavy atom. The summed E-state index contributed by atoms with van der Waals surface area (Å²) >= 11 is 1.63. The third-order valence-electron chi connectivity index (χ3n) is 2.57. The van der Waals surface area contributed by atoms with E-state index in [0.29, 0.717) is 12.5 Å². The average Bonchev–Trinajstić information content (AvgIpc) is 2.84.